The van der Waals surface area contributed by atoms with E-state index in [1.807, 2.05) is 23.4 Å². The highest BCUT2D eigenvalue weighted by Crippen LogP contribution is 2.41. The van der Waals surface area contributed by atoms with Gasteiger partial charge in [0.25, 0.3) is 5.91 Å². The quantitative estimate of drug-likeness (QED) is 0.844. The van der Waals surface area contributed by atoms with Gasteiger partial charge in [0.15, 0.2) is 5.69 Å². The summed E-state index contributed by atoms with van der Waals surface area (Å²) in [6, 6.07) is 4.15. The third kappa shape index (κ3) is 3.72. The monoisotopic (exact) mass is 357 g/mol. The molecule has 0 aromatic carbocycles. The Morgan fingerprint density at radius 2 is 1.92 bits per heavy atom. The van der Waals surface area contributed by atoms with Crippen LogP contribution < -0.4 is 0 Å². The smallest absolute Gasteiger partial charge is 0.275 e. The Balaban J connectivity index is 1.29. The van der Waals surface area contributed by atoms with Crippen LogP contribution in [0.3, 0.4) is 0 Å². The second-order valence-electron chi connectivity index (χ2n) is 7.22. The normalized spacial score (nSPS) is 20.7. The van der Waals surface area contributed by atoms with Crippen molar-refractivity contribution >= 4 is 17.4 Å². The van der Waals surface area contributed by atoms with Gasteiger partial charge < -0.3 is 4.90 Å². The van der Waals surface area contributed by atoms with Crippen molar-refractivity contribution in [2.24, 2.45) is 5.41 Å². The molecule has 0 aliphatic carbocycles. The van der Waals surface area contributed by atoms with E-state index >= 15 is 0 Å². The lowest BCUT2D eigenvalue weighted by Crippen LogP contribution is -2.48. The van der Waals surface area contributed by atoms with Gasteiger partial charge >= 0.3 is 0 Å². The molecule has 2 aliphatic rings. The van der Waals surface area contributed by atoms with E-state index in [-0.39, 0.29) is 5.91 Å². The van der Waals surface area contributed by atoms with Crippen LogP contribution in [0.25, 0.3) is 0 Å². The van der Waals surface area contributed by atoms with Gasteiger partial charge in [0, 0.05) is 37.4 Å². The average molecular weight is 357 g/mol. The molecule has 0 bridgehead atoms. The molecule has 0 saturated carbocycles. The summed E-state index contributed by atoms with van der Waals surface area (Å²) in [7, 11) is 0. The van der Waals surface area contributed by atoms with Crippen molar-refractivity contribution in [3.05, 3.63) is 41.2 Å². The fourth-order valence-electron chi connectivity index (χ4n) is 4.04. The number of amides is 1. The van der Waals surface area contributed by atoms with Crippen LogP contribution in [0.15, 0.2) is 29.9 Å². The van der Waals surface area contributed by atoms with Crippen LogP contribution in [0, 0.1) is 5.41 Å². The van der Waals surface area contributed by atoms with Crippen LogP contribution in [0.2, 0.25) is 0 Å². The molecule has 1 spiro atoms. The van der Waals surface area contributed by atoms with Crippen LogP contribution in [-0.4, -0.2) is 56.5 Å². The summed E-state index contributed by atoms with van der Waals surface area (Å²) in [5, 5.41) is 5.65. The second-order valence-corrected chi connectivity index (χ2v) is 7.83. The highest BCUT2D eigenvalue weighted by molar-refractivity contribution is 7.03. The van der Waals surface area contributed by atoms with Gasteiger partial charge in [0.05, 0.1) is 0 Å². The molecule has 0 N–H and O–H groups in total. The topological polar surface area (TPSA) is 62.2 Å². The lowest BCUT2D eigenvalue weighted by Gasteiger charge is -2.46. The molecule has 7 heteroatoms. The number of hydrogen-bond acceptors (Lipinski definition) is 6. The first-order valence-electron chi connectivity index (χ1n) is 8.92. The fourth-order valence-corrected chi connectivity index (χ4v) is 4.47. The molecule has 0 atom stereocenters. The molecule has 2 aromatic rings. The number of rotatable bonds is 3. The third-order valence-corrected chi connectivity index (χ3v) is 6.24. The first kappa shape index (κ1) is 16.6. The number of nitrogens with zero attached hydrogens (tertiary/aromatic N) is 5. The summed E-state index contributed by atoms with van der Waals surface area (Å²) in [4.78, 5) is 21.1. The fraction of sp³-hybridized carbons (Fsp3) is 0.556. The van der Waals surface area contributed by atoms with Crippen molar-refractivity contribution in [1.29, 1.82) is 0 Å². The van der Waals surface area contributed by atoms with E-state index in [1.165, 1.54) is 29.9 Å². The Morgan fingerprint density at radius 3 is 2.56 bits per heavy atom. The zero-order chi connectivity index (χ0) is 17.1. The van der Waals surface area contributed by atoms with Gasteiger partial charge in [-0.1, -0.05) is 10.6 Å². The summed E-state index contributed by atoms with van der Waals surface area (Å²) in [5.74, 6) is 0.0395. The van der Waals surface area contributed by atoms with Gasteiger partial charge in [0.2, 0.25) is 0 Å². The predicted molar refractivity (Wildman–Crippen MR) is 96.2 cm³/mol. The minimum absolute atomic E-state index is 0.0395. The van der Waals surface area contributed by atoms with E-state index in [0.29, 0.717) is 11.1 Å². The number of carbonyl (C=O) groups excluding carboxylic acids is 1. The SMILES string of the molecule is O=C(c1csnn1)N1CCC2(CCN(Cc3cccnc3)CC2)CC1. The first-order chi connectivity index (χ1) is 12.2. The minimum atomic E-state index is 0.0395. The Morgan fingerprint density at radius 1 is 1.16 bits per heavy atom. The maximum Gasteiger partial charge on any atom is 0.275 e. The zero-order valence-electron chi connectivity index (χ0n) is 14.3. The molecule has 6 nitrogen and oxygen atoms in total. The Kier molecular flexibility index (Phi) is 4.76. The Labute approximate surface area is 152 Å². The lowest BCUT2D eigenvalue weighted by atomic mass is 9.71. The van der Waals surface area contributed by atoms with E-state index in [9.17, 15) is 4.79 Å². The van der Waals surface area contributed by atoms with Gasteiger partial charge in [0.1, 0.15) is 0 Å². The molecule has 0 radical (unpaired) electrons. The number of pyridine rings is 1. The average Bonchev–Trinajstić information content (AvgIpc) is 3.20. The van der Waals surface area contributed by atoms with Crippen molar-refractivity contribution in [3.63, 3.8) is 0 Å². The largest absolute Gasteiger partial charge is 0.337 e. The number of aromatic nitrogens is 3. The predicted octanol–water partition coefficient (Wildman–Crippen LogP) is 2.45. The van der Waals surface area contributed by atoms with Crippen molar-refractivity contribution in [2.75, 3.05) is 26.2 Å². The lowest BCUT2D eigenvalue weighted by molar-refractivity contribution is 0.0282. The van der Waals surface area contributed by atoms with Crippen molar-refractivity contribution in [1.82, 2.24) is 24.4 Å². The molecule has 132 valence electrons. The molecule has 4 heterocycles. The summed E-state index contributed by atoms with van der Waals surface area (Å²) in [6.45, 7) is 4.96. The van der Waals surface area contributed by atoms with Gasteiger partial charge in [-0.25, -0.2) is 0 Å². The van der Waals surface area contributed by atoms with E-state index in [2.05, 4.69) is 25.5 Å². The van der Waals surface area contributed by atoms with Gasteiger partial charge in [-0.15, -0.1) is 5.10 Å². The molecular weight excluding hydrogens is 334 g/mol. The molecule has 2 saturated heterocycles. The number of hydrogen-bond donors (Lipinski definition) is 0. The zero-order valence-corrected chi connectivity index (χ0v) is 15.1. The van der Waals surface area contributed by atoms with Crippen molar-refractivity contribution < 1.29 is 4.79 Å². The standard InChI is InChI=1S/C18H23N5OS/c24-17(16-14-25-21-20-16)23-10-5-18(6-11-23)3-8-22(9-4-18)13-15-2-1-7-19-12-15/h1-2,7,12,14H,3-6,8-11,13H2. The second kappa shape index (κ2) is 7.17. The van der Waals surface area contributed by atoms with E-state index in [0.717, 1.165) is 45.6 Å². The molecule has 1 amide bonds. The molecule has 2 aliphatic heterocycles. The Bertz CT molecular complexity index is 688. The van der Waals surface area contributed by atoms with E-state index in [1.54, 1.807) is 5.38 Å². The highest BCUT2D eigenvalue weighted by atomic mass is 32.1. The molecule has 0 unspecified atom stereocenters. The molecule has 2 fully saturated rings. The van der Waals surface area contributed by atoms with Crippen molar-refractivity contribution in [2.45, 2.75) is 32.2 Å². The van der Waals surface area contributed by atoms with Crippen LogP contribution in [-0.2, 0) is 6.54 Å². The van der Waals surface area contributed by atoms with Crippen LogP contribution in [0.4, 0.5) is 0 Å². The summed E-state index contributed by atoms with van der Waals surface area (Å²) in [5.41, 5.74) is 2.20. The summed E-state index contributed by atoms with van der Waals surface area (Å²) < 4.78 is 3.80. The molecule has 25 heavy (non-hydrogen) atoms. The molecule has 4 rings (SSSR count). The first-order valence-corrected chi connectivity index (χ1v) is 9.75. The molecule has 2 aromatic heterocycles. The highest BCUT2D eigenvalue weighted by Gasteiger charge is 2.38. The number of carbonyl (C=O) groups is 1. The minimum Gasteiger partial charge on any atom is -0.337 e. The van der Waals surface area contributed by atoms with Crippen molar-refractivity contribution in [3.8, 4) is 0 Å². The number of likely N-dealkylation sites (tertiary alicyclic amines) is 2. The summed E-state index contributed by atoms with van der Waals surface area (Å²) >= 11 is 1.24. The molecular formula is C18H23N5OS. The van der Waals surface area contributed by atoms with Crippen LogP contribution in [0.1, 0.15) is 41.7 Å². The maximum atomic E-state index is 12.4. The van der Waals surface area contributed by atoms with E-state index in [4.69, 9.17) is 0 Å². The Hall–Kier alpha value is -1.86. The number of piperidine rings is 2. The van der Waals surface area contributed by atoms with Crippen LogP contribution in [0.5, 0.6) is 0 Å². The van der Waals surface area contributed by atoms with Crippen LogP contribution >= 0.6 is 11.5 Å². The van der Waals surface area contributed by atoms with Gasteiger partial charge in [-0.05, 0) is 67.4 Å². The van der Waals surface area contributed by atoms with Gasteiger partial charge in [-0.2, -0.15) is 0 Å². The maximum absolute atomic E-state index is 12.4. The summed E-state index contributed by atoms with van der Waals surface area (Å²) in [6.07, 6.45) is 8.46. The van der Waals surface area contributed by atoms with E-state index < -0.39 is 0 Å². The third-order valence-electron chi connectivity index (χ3n) is 5.74. The van der Waals surface area contributed by atoms with Gasteiger partial charge in [-0.3, -0.25) is 14.7 Å².